The zero-order valence-corrected chi connectivity index (χ0v) is 19.0. The van der Waals surface area contributed by atoms with E-state index in [-0.39, 0.29) is 36.2 Å². The van der Waals surface area contributed by atoms with Crippen molar-refractivity contribution in [3.8, 4) is 5.75 Å². The molecule has 0 radical (unpaired) electrons. The summed E-state index contributed by atoms with van der Waals surface area (Å²) in [5.74, 6) is 1.79. The van der Waals surface area contributed by atoms with Gasteiger partial charge in [0.05, 0.1) is 13.2 Å². The van der Waals surface area contributed by atoms with Crippen LogP contribution in [0.3, 0.4) is 0 Å². The van der Waals surface area contributed by atoms with E-state index >= 15 is 0 Å². The maximum Gasteiger partial charge on any atom is 0.409 e. The number of piperidine rings is 1. The predicted octanol–water partition coefficient (Wildman–Crippen LogP) is 2.78. The first-order valence-corrected chi connectivity index (χ1v) is 9.90. The molecule has 1 atom stereocenters. The minimum absolute atomic E-state index is 0. The van der Waals surface area contributed by atoms with Gasteiger partial charge < -0.3 is 25.0 Å². The largest absolute Gasteiger partial charge is 0.488 e. The molecule has 1 aromatic carbocycles. The Balaban J connectivity index is 0.00000280. The number of carbonyl (C=O) groups is 1. The highest BCUT2D eigenvalue weighted by molar-refractivity contribution is 14.0. The van der Waals surface area contributed by atoms with Crippen molar-refractivity contribution in [3.63, 3.8) is 0 Å². The van der Waals surface area contributed by atoms with E-state index in [2.05, 4.69) is 23.6 Å². The molecule has 2 aliphatic rings. The minimum Gasteiger partial charge on any atom is -0.488 e. The van der Waals surface area contributed by atoms with Crippen LogP contribution in [-0.4, -0.2) is 61.9 Å². The Bertz CT molecular complexity index is 638. The highest BCUT2D eigenvalue weighted by atomic mass is 127. The Morgan fingerprint density at radius 1 is 1.29 bits per heavy atom. The third-order valence-corrected chi connectivity index (χ3v) is 4.87. The first kappa shape index (κ1) is 22.6. The van der Waals surface area contributed by atoms with Crippen molar-refractivity contribution < 1.29 is 14.3 Å². The zero-order valence-electron chi connectivity index (χ0n) is 16.6. The SMILES string of the molecule is CCNC(=NCC1Cc2ccccc2O1)NC1CCN(C(=O)OCC)CC1.I. The number of hydrogen-bond donors (Lipinski definition) is 2. The van der Waals surface area contributed by atoms with Gasteiger partial charge in [-0.1, -0.05) is 18.2 Å². The third-order valence-electron chi connectivity index (χ3n) is 4.87. The third kappa shape index (κ3) is 6.15. The quantitative estimate of drug-likeness (QED) is 0.368. The molecule has 1 aromatic rings. The Labute approximate surface area is 184 Å². The number of nitrogens with zero attached hydrogens (tertiary/aromatic N) is 2. The second kappa shape index (κ2) is 11.3. The van der Waals surface area contributed by atoms with Crippen molar-refractivity contribution in [1.82, 2.24) is 15.5 Å². The average Bonchev–Trinajstić information content (AvgIpc) is 3.10. The molecule has 2 heterocycles. The smallest absolute Gasteiger partial charge is 0.409 e. The van der Waals surface area contributed by atoms with Gasteiger partial charge in [-0.15, -0.1) is 24.0 Å². The molecule has 0 aromatic heterocycles. The second-order valence-electron chi connectivity index (χ2n) is 6.88. The lowest BCUT2D eigenvalue weighted by Crippen LogP contribution is -2.50. The molecule has 1 saturated heterocycles. The molecule has 7 nitrogen and oxygen atoms in total. The topological polar surface area (TPSA) is 75.2 Å². The van der Waals surface area contributed by atoms with Crippen LogP contribution in [0.15, 0.2) is 29.3 Å². The van der Waals surface area contributed by atoms with Gasteiger partial charge in [-0.05, 0) is 38.3 Å². The number of likely N-dealkylation sites (tertiary alicyclic amines) is 1. The van der Waals surface area contributed by atoms with Crippen LogP contribution < -0.4 is 15.4 Å². The first-order valence-electron chi connectivity index (χ1n) is 9.90. The fraction of sp³-hybridized carbons (Fsp3) is 0.600. The standard InChI is InChI=1S/C20H30N4O3.HI/c1-3-21-19(22-14-17-13-15-7-5-6-8-18(15)27-17)23-16-9-11-24(12-10-16)20(25)26-4-2;/h5-8,16-17H,3-4,9-14H2,1-2H3,(H2,21,22,23);1H. The number of para-hydroxylation sites is 1. The number of aliphatic imine (C=N–C) groups is 1. The van der Waals surface area contributed by atoms with Crippen molar-refractivity contribution in [2.45, 2.75) is 45.3 Å². The number of benzene rings is 1. The van der Waals surface area contributed by atoms with Gasteiger partial charge in [-0.25, -0.2) is 9.79 Å². The number of nitrogens with one attached hydrogen (secondary N) is 2. The molecule has 156 valence electrons. The minimum atomic E-state index is -0.213. The summed E-state index contributed by atoms with van der Waals surface area (Å²) in [4.78, 5) is 18.3. The summed E-state index contributed by atoms with van der Waals surface area (Å²) in [6.07, 6.45) is 2.54. The maximum absolute atomic E-state index is 11.8. The summed E-state index contributed by atoms with van der Waals surface area (Å²) in [5, 5.41) is 6.81. The van der Waals surface area contributed by atoms with E-state index < -0.39 is 0 Å². The number of ether oxygens (including phenoxy) is 2. The number of rotatable bonds is 5. The molecular formula is C20H31IN4O3. The van der Waals surface area contributed by atoms with Crippen molar-refractivity contribution in [2.24, 2.45) is 4.99 Å². The lowest BCUT2D eigenvalue weighted by atomic mass is 10.1. The Morgan fingerprint density at radius 2 is 2.04 bits per heavy atom. The summed E-state index contributed by atoms with van der Waals surface area (Å²) < 4.78 is 11.0. The fourth-order valence-electron chi connectivity index (χ4n) is 3.48. The molecule has 2 N–H and O–H groups in total. The van der Waals surface area contributed by atoms with Crippen LogP contribution in [0, 0.1) is 0 Å². The molecule has 0 bridgehead atoms. The van der Waals surface area contributed by atoms with Crippen LogP contribution >= 0.6 is 24.0 Å². The average molecular weight is 502 g/mol. The van der Waals surface area contributed by atoms with E-state index in [1.54, 1.807) is 4.90 Å². The van der Waals surface area contributed by atoms with E-state index in [1.165, 1.54) is 5.56 Å². The lowest BCUT2D eigenvalue weighted by Gasteiger charge is -2.32. The van der Waals surface area contributed by atoms with Gasteiger partial charge >= 0.3 is 6.09 Å². The second-order valence-corrected chi connectivity index (χ2v) is 6.88. The summed E-state index contributed by atoms with van der Waals surface area (Å²) in [6, 6.07) is 8.47. The van der Waals surface area contributed by atoms with Gasteiger partial charge in [-0.3, -0.25) is 0 Å². The monoisotopic (exact) mass is 502 g/mol. The fourth-order valence-corrected chi connectivity index (χ4v) is 3.48. The predicted molar refractivity (Wildman–Crippen MR) is 121 cm³/mol. The van der Waals surface area contributed by atoms with Crippen LogP contribution in [0.25, 0.3) is 0 Å². The van der Waals surface area contributed by atoms with Gasteiger partial charge in [0.15, 0.2) is 5.96 Å². The molecular weight excluding hydrogens is 471 g/mol. The van der Waals surface area contributed by atoms with Gasteiger partial charge in [0, 0.05) is 32.1 Å². The van der Waals surface area contributed by atoms with Gasteiger partial charge in [0.1, 0.15) is 11.9 Å². The molecule has 1 unspecified atom stereocenters. The molecule has 8 heteroatoms. The van der Waals surface area contributed by atoms with Crippen LogP contribution in [0.5, 0.6) is 5.75 Å². The molecule has 28 heavy (non-hydrogen) atoms. The van der Waals surface area contributed by atoms with Crippen LogP contribution in [-0.2, 0) is 11.2 Å². The molecule has 0 spiro atoms. The van der Waals surface area contributed by atoms with Crippen molar-refractivity contribution in [3.05, 3.63) is 29.8 Å². The van der Waals surface area contributed by atoms with E-state index in [1.807, 2.05) is 25.1 Å². The van der Waals surface area contributed by atoms with Gasteiger partial charge in [0.2, 0.25) is 0 Å². The van der Waals surface area contributed by atoms with E-state index in [0.29, 0.717) is 32.3 Å². The lowest BCUT2D eigenvalue weighted by molar-refractivity contribution is 0.0963. The van der Waals surface area contributed by atoms with E-state index in [9.17, 15) is 4.79 Å². The van der Waals surface area contributed by atoms with Crippen LogP contribution in [0.1, 0.15) is 32.3 Å². The van der Waals surface area contributed by atoms with Gasteiger partial charge in [0.25, 0.3) is 0 Å². The number of amides is 1. The Kier molecular flexibility index (Phi) is 9.14. The summed E-state index contributed by atoms with van der Waals surface area (Å²) in [6.45, 7) is 7.14. The number of guanidine groups is 1. The van der Waals surface area contributed by atoms with E-state index in [0.717, 1.165) is 37.5 Å². The number of carbonyl (C=O) groups excluding carboxylic acids is 1. The molecule has 3 rings (SSSR count). The zero-order chi connectivity index (χ0) is 19.1. The summed E-state index contributed by atoms with van der Waals surface area (Å²) >= 11 is 0. The van der Waals surface area contributed by atoms with E-state index in [4.69, 9.17) is 14.5 Å². The van der Waals surface area contributed by atoms with Gasteiger partial charge in [-0.2, -0.15) is 0 Å². The molecule has 1 amide bonds. The molecule has 2 aliphatic heterocycles. The number of fused-ring (bicyclic) bond motifs is 1. The summed E-state index contributed by atoms with van der Waals surface area (Å²) in [5.41, 5.74) is 1.25. The highest BCUT2D eigenvalue weighted by Gasteiger charge is 2.25. The van der Waals surface area contributed by atoms with Crippen molar-refractivity contribution >= 4 is 36.0 Å². The normalized spacial score (nSPS) is 19.3. The maximum atomic E-state index is 11.8. The summed E-state index contributed by atoms with van der Waals surface area (Å²) in [7, 11) is 0. The first-order chi connectivity index (χ1) is 13.2. The van der Waals surface area contributed by atoms with Crippen molar-refractivity contribution in [2.75, 3.05) is 32.8 Å². The van der Waals surface area contributed by atoms with Crippen LogP contribution in [0.2, 0.25) is 0 Å². The Morgan fingerprint density at radius 3 is 2.71 bits per heavy atom. The van der Waals surface area contributed by atoms with Crippen molar-refractivity contribution in [1.29, 1.82) is 0 Å². The molecule has 1 fully saturated rings. The highest BCUT2D eigenvalue weighted by Crippen LogP contribution is 2.28. The number of halogens is 1. The molecule has 0 aliphatic carbocycles. The Hall–Kier alpha value is -1.71. The van der Waals surface area contributed by atoms with Crippen LogP contribution in [0.4, 0.5) is 4.79 Å². The molecule has 0 saturated carbocycles. The number of hydrogen-bond acceptors (Lipinski definition) is 4.